The zero-order valence-corrected chi connectivity index (χ0v) is 19.2. The van der Waals surface area contributed by atoms with Gasteiger partial charge in [0.1, 0.15) is 12.4 Å². The number of aromatic nitrogens is 1. The molecule has 34 heavy (non-hydrogen) atoms. The Balaban J connectivity index is 1.52. The number of nitrogens with one attached hydrogen (secondary N) is 1. The van der Waals surface area contributed by atoms with Crippen LogP contribution in [0.1, 0.15) is 43.5 Å². The number of benzene rings is 2. The van der Waals surface area contributed by atoms with Crippen LogP contribution in [-0.2, 0) is 16.2 Å². The minimum Gasteiger partial charge on any atom is -0.487 e. The third kappa shape index (κ3) is 7.45. The Hall–Kier alpha value is -4.18. The largest absolute Gasteiger partial charge is 0.487 e. The molecule has 0 bridgehead atoms. The summed E-state index contributed by atoms with van der Waals surface area (Å²) in [6, 6.07) is 24.2. The number of hydrogen-bond donors (Lipinski definition) is 1. The summed E-state index contributed by atoms with van der Waals surface area (Å²) in [6.45, 7) is 2.54. The molecule has 0 saturated heterocycles. The standard InChI is InChI=1S/C27H28N4O3/c1-21(22-9-7-13-25(19-22)34-20-23-10-5-6-17-29-23)30-26(32)14-15-27(33)31(18-8-16-28)24-11-3-2-4-12-24/h2-7,9-13,17,19,21H,8,14-15,18,20H2,1H3,(H,30,32). The van der Waals surface area contributed by atoms with Gasteiger partial charge in [-0.2, -0.15) is 5.26 Å². The highest BCUT2D eigenvalue weighted by Gasteiger charge is 2.18. The van der Waals surface area contributed by atoms with Crippen molar-refractivity contribution in [2.75, 3.05) is 11.4 Å². The number of nitriles is 1. The van der Waals surface area contributed by atoms with E-state index in [4.69, 9.17) is 10.00 Å². The van der Waals surface area contributed by atoms with Gasteiger partial charge in [0.25, 0.3) is 0 Å². The van der Waals surface area contributed by atoms with Crippen LogP contribution in [0.25, 0.3) is 0 Å². The van der Waals surface area contributed by atoms with E-state index in [1.54, 1.807) is 11.1 Å². The molecule has 7 nitrogen and oxygen atoms in total. The first-order valence-electron chi connectivity index (χ1n) is 11.2. The molecule has 0 radical (unpaired) electrons. The normalized spacial score (nSPS) is 11.2. The lowest BCUT2D eigenvalue weighted by molar-refractivity contribution is -0.125. The van der Waals surface area contributed by atoms with E-state index >= 15 is 0 Å². The van der Waals surface area contributed by atoms with E-state index in [2.05, 4.69) is 16.4 Å². The Morgan fingerprint density at radius 1 is 1.06 bits per heavy atom. The smallest absolute Gasteiger partial charge is 0.227 e. The van der Waals surface area contributed by atoms with Gasteiger partial charge in [0.2, 0.25) is 11.8 Å². The van der Waals surface area contributed by atoms with Crippen LogP contribution in [0.15, 0.2) is 79.0 Å². The van der Waals surface area contributed by atoms with Gasteiger partial charge in [-0.3, -0.25) is 14.6 Å². The Morgan fingerprint density at radius 2 is 1.85 bits per heavy atom. The lowest BCUT2D eigenvalue weighted by Gasteiger charge is -2.22. The summed E-state index contributed by atoms with van der Waals surface area (Å²) in [5.41, 5.74) is 2.45. The number of carbonyl (C=O) groups excluding carboxylic acids is 2. The van der Waals surface area contributed by atoms with Crippen molar-refractivity contribution in [1.29, 1.82) is 5.26 Å². The highest BCUT2D eigenvalue weighted by atomic mass is 16.5. The van der Waals surface area contributed by atoms with Crippen LogP contribution in [0.4, 0.5) is 5.69 Å². The number of para-hydroxylation sites is 1. The van der Waals surface area contributed by atoms with Crippen LogP contribution in [0.5, 0.6) is 5.75 Å². The van der Waals surface area contributed by atoms with E-state index in [9.17, 15) is 9.59 Å². The fourth-order valence-electron chi connectivity index (χ4n) is 3.43. The predicted octanol–water partition coefficient (Wildman–Crippen LogP) is 4.56. The molecule has 2 aromatic carbocycles. The Morgan fingerprint density at radius 3 is 2.59 bits per heavy atom. The second-order valence-electron chi connectivity index (χ2n) is 7.76. The molecule has 7 heteroatoms. The van der Waals surface area contributed by atoms with Gasteiger partial charge in [-0.15, -0.1) is 0 Å². The second-order valence-corrected chi connectivity index (χ2v) is 7.76. The maximum absolute atomic E-state index is 12.8. The van der Waals surface area contributed by atoms with E-state index in [-0.39, 0.29) is 37.1 Å². The minimum absolute atomic E-state index is 0.0616. The molecule has 1 aromatic heterocycles. The molecule has 1 heterocycles. The Labute approximate surface area is 200 Å². The molecule has 3 rings (SSSR count). The van der Waals surface area contributed by atoms with Crippen molar-refractivity contribution in [3.63, 3.8) is 0 Å². The van der Waals surface area contributed by atoms with Crippen LogP contribution in [0.3, 0.4) is 0 Å². The number of hydrogen-bond acceptors (Lipinski definition) is 5. The molecule has 0 aliphatic carbocycles. The summed E-state index contributed by atoms with van der Waals surface area (Å²) in [5.74, 6) is 0.290. The first kappa shape index (κ1) is 24.5. The van der Waals surface area contributed by atoms with Crippen molar-refractivity contribution in [1.82, 2.24) is 10.3 Å². The lowest BCUT2D eigenvalue weighted by atomic mass is 10.1. The zero-order valence-electron chi connectivity index (χ0n) is 19.2. The van der Waals surface area contributed by atoms with E-state index in [0.29, 0.717) is 18.9 Å². The minimum atomic E-state index is -0.246. The van der Waals surface area contributed by atoms with E-state index in [0.717, 1.165) is 16.9 Å². The third-order valence-electron chi connectivity index (χ3n) is 5.23. The van der Waals surface area contributed by atoms with Crippen molar-refractivity contribution in [2.45, 2.75) is 38.8 Å². The molecular formula is C27H28N4O3. The molecule has 2 amide bonds. The number of rotatable bonds is 11. The van der Waals surface area contributed by atoms with Gasteiger partial charge >= 0.3 is 0 Å². The Bertz CT molecular complexity index is 1110. The Kier molecular flexibility index (Phi) is 9.18. The third-order valence-corrected chi connectivity index (χ3v) is 5.23. The number of anilines is 1. The number of nitrogens with zero attached hydrogens (tertiary/aromatic N) is 3. The predicted molar refractivity (Wildman–Crippen MR) is 130 cm³/mol. The van der Waals surface area contributed by atoms with Crippen molar-refractivity contribution in [3.05, 3.63) is 90.3 Å². The van der Waals surface area contributed by atoms with Gasteiger partial charge in [0, 0.05) is 31.3 Å². The quantitative estimate of drug-likeness (QED) is 0.456. The molecule has 1 N–H and O–H groups in total. The zero-order chi connectivity index (χ0) is 24.2. The van der Waals surface area contributed by atoms with Crippen molar-refractivity contribution < 1.29 is 14.3 Å². The molecule has 1 atom stereocenters. The number of amides is 2. The average Bonchev–Trinajstić information content (AvgIpc) is 2.88. The monoisotopic (exact) mass is 456 g/mol. The van der Waals surface area contributed by atoms with Crippen LogP contribution in [0, 0.1) is 11.3 Å². The average molecular weight is 457 g/mol. The van der Waals surface area contributed by atoms with Gasteiger partial charge < -0.3 is 15.0 Å². The summed E-state index contributed by atoms with van der Waals surface area (Å²) in [5, 5.41) is 11.9. The molecule has 0 saturated carbocycles. The van der Waals surface area contributed by atoms with E-state index in [1.165, 1.54) is 0 Å². The van der Waals surface area contributed by atoms with Crippen molar-refractivity contribution in [2.24, 2.45) is 0 Å². The summed E-state index contributed by atoms with van der Waals surface area (Å²) in [6.07, 6.45) is 2.07. The maximum Gasteiger partial charge on any atom is 0.227 e. The van der Waals surface area contributed by atoms with Crippen LogP contribution in [0.2, 0.25) is 0 Å². The lowest BCUT2D eigenvalue weighted by Crippen LogP contribution is -2.33. The SMILES string of the molecule is CC(NC(=O)CCC(=O)N(CCC#N)c1ccccc1)c1cccc(OCc2ccccn2)c1. The van der Waals surface area contributed by atoms with Gasteiger partial charge in [-0.1, -0.05) is 36.4 Å². The fraction of sp³-hybridized carbons (Fsp3) is 0.259. The number of carbonyl (C=O) groups is 2. The number of ether oxygens (including phenoxy) is 1. The van der Waals surface area contributed by atoms with Gasteiger partial charge in [-0.05, 0) is 48.9 Å². The van der Waals surface area contributed by atoms with Gasteiger partial charge in [-0.25, -0.2) is 0 Å². The van der Waals surface area contributed by atoms with Crippen molar-refractivity contribution in [3.8, 4) is 11.8 Å². The van der Waals surface area contributed by atoms with Crippen LogP contribution < -0.4 is 15.0 Å². The highest BCUT2D eigenvalue weighted by Crippen LogP contribution is 2.20. The molecule has 0 spiro atoms. The summed E-state index contributed by atoms with van der Waals surface area (Å²) >= 11 is 0. The fourth-order valence-corrected chi connectivity index (χ4v) is 3.43. The first-order valence-corrected chi connectivity index (χ1v) is 11.2. The molecule has 0 aliphatic heterocycles. The summed E-state index contributed by atoms with van der Waals surface area (Å²) in [4.78, 5) is 31.1. The molecule has 174 valence electrons. The molecule has 1 unspecified atom stereocenters. The van der Waals surface area contributed by atoms with Gasteiger partial charge in [0.05, 0.1) is 24.2 Å². The number of pyridine rings is 1. The van der Waals surface area contributed by atoms with E-state index in [1.807, 2.05) is 79.7 Å². The van der Waals surface area contributed by atoms with Crippen LogP contribution in [-0.4, -0.2) is 23.3 Å². The topological polar surface area (TPSA) is 95.3 Å². The molecule has 0 aliphatic rings. The molecule has 0 fully saturated rings. The molecule has 3 aromatic rings. The van der Waals surface area contributed by atoms with Crippen molar-refractivity contribution >= 4 is 17.5 Å². The summed E-state index contributed by atoms with van der Waals surface area (Å²) in [7, 11) is 0. The highest BCUT2D eigenvalue weighted by molar-refractivity contribution is 5.95. The second kappa shape index (κ2) is 12.8. The van der Waals surface area contributed by atoms with Gasteiger partial charge in [0.15, 0.2) is 0 Å². The van der Waals surface area contributed by atoms with Crippen LogP contribution >= 0.6 is 0 Å². The summed E-state index contributed by atoms with van der Waals surface area (Å²) < 4.78 is 5.82. The first-order chi connectivity index (χ1) is 16.6. The van der Waals surface area contributed by atoms with E-state index < -0.39 is 0 Å². The maximum atomic E-state index is 12.8. The molecular weight excluding hydrogens is 428 g/mol.